The van der Waals surface area contributed by atoms with Crippen LogP contribution in [0.5, 0.6) is 0 Å². The van der Waals surface area contributed by atoms with Gasteiger partial charge in [-0.15, -0.1) is 11.3 Å². The Morgan fingerprint density at radius 3 is 3.20 bits per heavy atom. The Kier molecular flexibility index (Phi) is 1.34. The predicted octanol–water partition coefficient (Wildman–Crippen LogP) is 1.81. The predicted molar refractivity (Wildman–Crippen MR) is 41.4 cm³/mol. The van der Waals surface area contributed by atoms with Crippen LogP contribution in [-0.2, 0) is 17.6 Å². The monoisotopic (exact) mass is 152 g/mol. The summed E-state index contributed by atoms with van der Waals surface area (Å²) < 4.78 is 0. The lowest BCUT2D eigenvalue weighted by Crippen LogP contribution is -2.10. The fourth-order valence-corrected chi connectivity index (χ4v) is 2.25. The van der Waals surface area contributed by atoms with E-state index in [4.69, 9.17) is 0 Å². The molecule has 0 spiro atoms. The Balaban J connectivity index is 2.39. The van der Waals surface area contributed by atoms with Crippen LogP contribution in [0.3, 0.4) is 0 Å². The van der Waals surface area contributed by atoms with Crippen LogP contribution in [0, 0.1) is 0 Å². The molecule has 1 aliphatic carbocycles. The van der Waals surface area contributed by atoms with E-state index in [9.17, 15) is 4.79 Å². The Morgan fingerprint density at radius 1 is 1.40 bits per heavy atom. The molecule has 0 unspecified atom stereocenters. The summed E-state index contributed by atoms with van der Waals surface area (Å²) in [6.45, 7) is 0. The van der Waals surface area contributed by atoms with Crippen molar-refractivity contribution in [3.05, 3.63) is 21.9 Å². The number of carbonyl (C=O) groups is 1. The number of hydrogen-bond donors (Lipinski definition) is 0. The lowest BCUT2D eigenvalue weighted by atomic mass is 9.99. The van der Waals surface area contributed by atoms with Gasteiger partial charge in [-0.3, -0.25) is 4.79 Å². The molecule has 0 saturated carbocycles. The summed E-state index contributed by atoms with van der Waals surface area (Å²) in [5.74, 6) is 0.398. The van der Waals surface area contributed by atoms with Crippen molar-refractivity contribution in [1.29, 1.82) is 0 Å². The van der Waals surface area contributed by atoms with Gasteiger partial charge >= 0.3 is 0 Å². The summed E-state index contributed by atoms with van der Waals surface area (Å²) in [5, 5.41) is 2.07. The number of fused-ring (bicyclic) bond motifs is 1. The summed E-state index contributed by atoms with van der Waals surface area (Å²) in [6, 6.07) is 2.13. The van der Waals surface area contributed by atoms with Crippen molar-refractivity contribution >= 4 is 17.1 Å². The minimum atomic E-state index is 0.398. The summed E-state index contributed by atoms with van der Waals surface area (Å²) in [4.78, 5) is 12.2. The average Bonchev–Trinajstić information content (AvgIpc) is 2.33. The zero-order chi connectivity index (χ0) is 6.97. The zero-order valence-electron chi connectivity index (χ0n) is 5.59. The number of rotatable bonds is 0. The van der Waals surface area contributed by atoms with Gasteiger partial charge in [0.2, 0.25) is 0 Å². The second-order valence-electron chi connectivity index (χ2n) is 2.58. The van der Waals surface area contributed by atoms with Gasteiger partial charge in [0.1, 0.15) is 5.78 Å². The van der Waals surface area contributed by atoms with Gasteiger partial charge in [0, 0.05) is 17.7 Å². The van der Waals surface area contributed by atoms with Crippen LogP contribution >= 0.6 is 11.3 Å². The standard InChI is InChI=1S/C8H8OS/c9-7-2-1-6-3-4-10-8(6)5-7/h3-4H,1-2,5H2. The number of hydrogen-bond acceptors (Lipinski definition) is 2. The molecule has 0 aromatic carbocycles. The average molecular weight is 152 g/mol. The molecule has 10 heavy (non-hydrogen) atoms. The molecular formula is C8H8OS. The molecule has 0 radical (unpaired) electrons. The fraction of sp³-hybridized carbons (Fsp3) is 0.375. The lowest BCUT2D eigenvalue weighted by Gasteiger charge is -2.08. The Morgan fingerprint density at radius 2 is 2.30 bits per heavy atom. The molecule has 2 heteroatoms. The first kappa shape index (κ1) is 6.10. The molecule has 0 atom stereocenters. The summed E-state index contributed by atoms with van der Waals surface area (Å²) >= 11 is 1.71. The topological polar surface area (TPSA) is 17.1 Å². The third-order valence-corrected chi connectivity index (χ3v) is 2.83. The highest BCUT2D eigenvalue weighted by Gasteiger charge is 2.15. The smallest absolute Gasteiger partial charge is 0.138 e. The van der Waals surface area contributed by atoms with Gasteiger partial charge in [0.15, 0.2) is 0 Å². The summed E-state index contributed by atoms with van der Waals surface area (Å²) in [5.41, 5.74) is 1.39. The van der Waals surface area contributed by atoms with Crippen molar-refractivity contribution in [1.82, 2.24) is 0 Å². The van der Waals surface area contributed by atoms with Gasteiger partial charge in [-0.2, -0.15) is 0 Å². The van der Waals surface area contributed by atoms with E-state index in [0.717, 1.165) is 12.8 Å². The Bertz CT molecular complexity index is 262. The van der Waals surface area contributed by atoms with Crippen molar-refractivity contribution < 1.29 is 4.79 Å². The second-order valence-corrected chi connectivity index (χ2v) is 3.59. The SMILES string of the molecule is O=C1CCc2ccsc2C1. The quantitative estimate of drug-likeness (QED) is 0.554. The maximum Gasteiger partial charge on any atom is 0.138 e. The molecular weight excluding hydrogens is 144 g/mol. The van der Waals surface area contributed by atoms with Crippen molar-refractivity contribution in [3.8, 4) is 0 Å². The molecule has 52 valence electrons. The van der Waals surface area contributed by atoms with Crippen molar-refractivity contribution in [2.75, 3.05) is 0 Å². The Labute approximate surface area is 63.7 Å². The highest BCUT2D eigenvalue weighted by atomic mass is 32.1. The molecule has 0 N–H and O–H groups in total. The molecule has 0 bridgehead atoms. The van der Waals surface area contributed by atoms with Gasteiger partial charge in [-0.05, 0) is 23.4 Å². The molecule has 0 saturated heterocycles. The van der Waals surface area contributed by atoms with Crippen LogP contribution in [0.25, 0.3) is 0 Å². The number of ketones is 1. The molecule has 1 aromatic rings. The minimum Gasteiger partial charge on any atom is -0.299 e. The van der Waals surface area contributed by atoms with E-state index >= 15 is 0 Å². The van der Waals surface area contributed by atoms with Gasteiger partial charge in [0.25, 0.3) is 0 Å². The van der Waals surface area contributed by atoms with E-state index in [2.05, 4.69) is 11.4 Å². The highest BCUT2D eigenvalue weighted by molar-refractivity contribution is 7.10. The molecule has 1 aromatic heterocycles. The van der Waals surface area contributed by atoms with Crippen molar-refractivity contribution in [2.24, 2.45) is 0 Å². The Hall–Kier alpha value is -0.630. The van der Waals surface area contributed by atoms with Crippen molar-refractivity contribution in [2.45, 2.75) is 19.3 Å². The normalized spacial score (nSPS) is 17.0. The van der Waals surface area contributed by atoms with Gasteiger partial charge in [-0.1, -0.05) is 0 Å². The number of thiophene rings is 1. The highest BCUT2D eigenvalue weighted by Crippen LogP contribution is 2.23. The molecule has 1 heterocycles. The van der Waals surface area contributed by atoms with Crippen LogP contribution in [0.4, 0.5) is 0 Å². The van der Waals surface area contributed by atoms with Crippen LogP contribution in [0.2, 0.25) is 0 Å². The van der Waals surface area contributed by atoms with E-state index in [1.807, 2.05) is 0 Å². The number of aryl methyl sites for hydroxylation is 1. The van der Waals surface area contributed by atoms with Gasteiger partial charge in [0.05, 0.1) is 0 Å². The first-order chi connectivity index (χ1) is 4.86. The van der Waals surface area contributed by atoms with Gasteiger partial charge in [-0.25, -0.2) is 0 Å². The first-order valence-corrected chi connectivity index (χ1v) is 4.31. The van der Waals surface area contributed by atoms with Crippen molar-refractivity contribution in [3.63, 3.8) is 0 Å². The molecule has 0 amide bonds. The third kappa shape index (κ3) is 0.886. The summed E-state index contributed by atoms with van der Waals surface area (Å²) in [7, 11) is 0. The van der Waals surface area contributed by atoms with Crippen LogP contribution in [-0.4, -0.2) is 5.78 Å². The van der Waals surface area contributed by atoms with E-state index < -0.39 is 0 Å². The molecule has 1 nitrogen and oxygen atoms in total. The second kappa shape index (κ2) is 2.20. The zero-order valence-corrected chi connectivity index (χ0v) is 6.41. The first-order valence-electron chi connectivity index (χ1n) is 3.43. The van der Waals surface area contributed by atoms with Crippen LogP contribution in [0.1, 0.15) is 16.9 Å². The van der Waals surface area contributed by atoms with Crippen LogP contribution in [0.15, 0.2) is 11.4 Å². The molecule has 1 aliphatic rings. The third-order valence-electron chi connectivity index (χ3n) is 1.87. The maximum absolute atomic E-state index is 10.9. The van der Waals surface area contributed by atoms with E-state index in [1.165, 1.54) is 10.4 Å². The van der Waals surface area contributed by atoms with E-state index in [-0.39, 0.29) is 0 Å². The van der Waals surface area contributed by atoms with Gasteiger partial charge < -0.3 is 0 Å². The van der Waals surface area contributed by atoms with E-state index in [0.29, 0.717) is 12.2 Å². The molecule has 2 rings (SSSR count). The van der Waals surface area contributed by atoms with E-state index in [1.54, 1.807) is 11.3 Å². The maximum atomic E-state index is 10.9. The largest absolute Gasteiger partial charge is 0.299 e. The molecule has 0 aliphatic heterocycles. The molecule has 0 fully saturated rings. The lowest BCUT2D eigenvalue weighted by molar-refractivity contribution is -0.118. The van der Waals surface area contributed by atoms with Crippen LogP contribution < -0.4 is 0 Å². The fourth-order valence-electron chi connectivity index (χ4n) is 1.29. The number of Topliss-reactive ketones (excluding diaryl/α,β-unsaturated/α-hetero) is 1. The minimum absolute atomic E-state index is 0.398. The summed E-state index contributed by atoms with van der Waals surface area (Å²) in [6.07, 6.45) is 2.41. The number of carbonyl (C=O) groups excluding carboxylic acids is 1.